The van der Waals surface area contributed by atoms with Crippen molar-refractivity contribution in [3.05, 3.63) is 51.3 Å². The molecule has 0 saturated heterocycles. The molecule has 1 aromatic carbocycles. The molecule has 1 aromatic heterocycles. The molecule has 1 N–H and O–H groups in total. The Balaban J connectivity index is 1.56. The van der Waals surface area contributed by atoms with Crippen LogP contribution in [0.5, 0.6) is 0 Å². The second kappa shape index (κ2) is 10.5. The molecule has 0 bridgehead atoms. The van der Waals surface area contributed by atoms with E-state index in [2.05, 4.69) is 12.0 Å². The Morgan fingerprint density at radius 2 is 1.78 bits per heavy atom. The highest BCUT2D eigenvalue weighted by molar-refractivity contribution is 6.36. The minimum Gasteiger partial charge on any atom is -0.386 e. The summed E-state index contributed by atoms with van der Waals surface area (Å²) in [6.45, 7) is 8.50. The molecule has 8 heteroatoms. The third-order valence-corrected chi connectivity index (χ3v) is 9.34. The summed E-state index contributed by atoms with van der Waals surface area (Å²) in [5, 5.41) is 16.5. The number of ketones is 1. The van der Waals surface area contributed by atoms with Gasteiger partial charge in [0.05, 0.1) is 30.5 Å². The first-order valence-electron chi connectivity index (χ1n) is 12.9. The van der Waals surface area contributed by atoms with E-state index in [9.17, 15) is 14.7 Å². The standard InChI is InChI=1S/C28H37Cl2N3O3/c1-18-21(15-31-33(18)20-9-13-28(4,14-10-20)19(2)34)26(36)32(17-27(3)11-6-12-27)16-24(35)25-22(29)7-5-8-23(25)30/h5,7-8,15,20,24,35H,6,9-14,16-17H2,1-4H3. The molecule has 36 heavy (non-hydrogen) atoms. The zero-order valence-electron chi connectivity index (χ0n) is 21.7. The van der Waals surface area contributed by atoms with E-state index in [-0.39, 0.29) is 35.1 Å². The lowest BCUT2D eigenvalue weighted by Crippen LogP contribution is -2.45. The van der Waals surface area contributed by atoms with Crippen LogP contribution < -0.4 is 0 Å². The molecule has 1 unspecified atom stereocenters. The monoisotopic (exact) mass is 533 g/mol. The van der Waals surface area contributed by atoms with Crippen LogP contribution in [-0.4, -0.2) is 44.6 Å². The third-order valence-electron chi connectivity index (χ3n) is 8.68. The Morgan fingerprint density at radius 3 is 2.31 bits per heavy atom. The fraction of sp³-hybridized carbons (Fsp3) is 0.607. The molecule has 2 aliphatic carbocycles. The molecule has 0 spiro atoms. The molecule has 2 saturated carbocycles. The molecule has 0 radical (unpaired) electrons. The van der Waals surface area contributed by atoms with Crippen molar-refractivity contribution < 1.29 is 14.7 Å². The number of aromatic nitrogens is 2. The number of Topliss-reactive ketones (excluding diaryl/α,β-unsaturated/α-hetero) is 1. The molecule has 1 heterocycles. The third kappa shape index (κ3) is 5.36. The van der Waals surface area contributed by atoms with Gasteiger partial charge >= 0.3 is 0 Å². The van der Waals surface area contributed by atoms with Crippen LogP contribution in [0.2, 0.25) is 10.0 Å². The fourth-order valence-corrected chi connectivity index (χ4v) is 6.41. The van der Waals surface area contributed by atoms with E-state index in [0.29, 0.717) is 27.7 Å². The second-order valence-corrected chi connectivity index (χ2v) is 12.3. The van der Waals surface area contributed by atoms with Gasteiger partial charge in [0.15, 0.2) is 0 Å². The van der Waals surface area contributed by atoms with E-state index in [0.717, 1.165) is 50.6 Å². The van der Waals surface area contributed by atoms with Crippen molar-refractivity contribution in [1.29, 1.82) is 0 Å². The van der Waals surface area contributed by atoms with Crippen molar-refractivity contribution in [3.8, 4) is 0 Å². The van der Waals surface area contributed by atoms with Crippen molar-refractivity contribution in [3.63, 3.8) is 0 Å². The van der Waals surface area contributed by atoms with Crippen LogP contribution in [0.25, 0.3) is 0 Å². The SMILES string of the molecule is CC(=O)C1(C)CCC(n2ncc(C(=O)N(CC(O)c3c(Cl)cccc3Cl)CC3(C)CCC3)c2C)CC1. The van der Waals surface area contributed by atoms with Crippen molar-refractivity contribution in [2.24, 2.45) is 10.8 Å². The van der Waals surface area contributed by atoms with Crippen molar-refractivity contribution in [2.45, 2.75) is 84.8 Å². The van der Waals surface area contributed by atoms with E-state index in [4.69, 9.17) is 23.2 Å². The quantitative estimate of drug-likeness (QED) is 0.416. The largest absolute Gasteiger partial charge is 0.386 e. The number of amides is 1. The number of aliphatic hydroxyl groups is 1. The minimum absolute atomic E-state index is 0.0318. The Hall–Kier alpha value is -1.89. The van der Waals surface area contributed by atoms with Gasteiger partial charge in [-0.2, -0.15) is 5.10 Å². The van der Waals surface area contributed by atoms with Gasteiger partial charge < -0.3 is 10.0 Å². The van der Waals surface area contributed by atoms with Gasteiger partial charge in [-0.25, -0.2) is 0 Å². The summed E-state index contributed by atoms with van der Waals surface area (Å²) in [6.07, 6.45) is 7.27. The Bertz CT molecular complexity index is 1110. The topological polar surface area (TPSA) is 75.4 Å². The van der Waals surface area contributed by atoms with Crippen LogP contribution in [0, 0.1) is 17.8 Å². The highest BCUT2D eigenvalue weighted by atomic mass is 35.5. The summed E-state index contributed by atoms with van der Waals surface area (Å²) in [5.41, 5.74) is 1.59. The molecular formula is C28H37Cl2N3O3. The van der Waals surface area contributed by atoms with Crippen molar-refractivity contribution in [1.82, 2.24) is 14.7 Å². The van der Waals surface area contributed by atoms with Crippen molar-refractivity contribution in [2.75, 3.05) is 13.1 Å². The lowest BCUT2D eigenvalue weighted by Gasteiger charge is -2.42. The van der Waals surface area contributed by atoms with Gasteiger partial charge in [-0.1, -0.05) is 49.5 Å². The van der Waals surface area contributed by atoms with Crippen LogP contribution in [0.1, 0.15) is 99.5 Å². The summed E-state index contributed by atoms with van der Waals surface area (Å²) in [4.78, 5) is 27.7. The Labute approximate surface area is 224 Å². The Kier molecular flexibility index (Phi) is 7.89. The lowest BCUT2D eigenvalue weighted by molar-refractivity contribution is -0.127. The van der Waals surface area contributed by atoms with Gasteiger partial charge in [0.1, 0.15) is 5.78 Å². The van der Waals surface area contributed by atoms with E-state index in [1.54, 1.807) is 36.2 Å². The van der Waals surface area contributed by atoms with Gasteiger partial charge in [0.25, 0.3) is 5.91 Å². The normalized spacial score (nSPS) is 24.1. The Morgan fingerprint density at radius 1 is 1.17 bits per heavy atom. The number of nitrogens with zero attached hydrogens (tertiary/aromatic N) is 3. The molecule has 2 aromatic rings. The average molecular weight is 535 g/mol. The number of halogens is 2. The molecule has 0 aliphatic heterocycles. The first-order chi connectivity index (χ1) is 16.9. The van der Waals surface area contributed by atoms with Gasteiger partial charge in [-0.15, -0.1) is 0 Å². The van der Waals surface area contributed by atoms with E-state index < -0.39 is 6.10 Å². The molecule has 196 valence electrons. The second-order valence-electron chi connectivity index (χ2n) is 11.4. The summed E-state index contributed by atoms with van der Waals surface area (Å²) in [7, 11) is 0. The number of rotatable bonds is 8. The highest BCUT2D eigenvalue weighted by Gasteiger charge is 2.38. The minimum atomic E-state index is -1.00. The molecular weight excluding hydrogens is 497 g/mol. The van der Waals surface area contributed by atoms with Crippen LogP contribution in [0.3, 0.4) is 0 Å². The zero-order valence-corrected chi connectivity index (χ0v) is 23.2. The number of aliphatic hydroxyl groups excluding tert-OH is 1. The maximum Gasteiger partial charge on any atom is 0.257 e. The maximum absolute atomic E-state index is 13.9. The lowest BCUT2D eigenvalue weighted by atomic mass is 9.70. The van der Waals surface area contributed by atoms with Crippen LogP contribution in [0.15, 0.2) is 24.4 Å². The fourth-order valence-electron chi connectivity index (χ4n) is 5.76. The van der Waals surface area contributed by atoms with E-state index in [1.165, 1.54) is 0 Å². The first kappa shape index (κ1) is 27.2. The van der Waals surface area contributed by atoms with Gasteiger partial charge in [0, 0.05) is 33.3 Å². The molecule has 2 aliphatic rings. The highest BCUT2D eigenvalue weighted by Crippen LogP contribution is 2.43. The number of hydrogen-bond donors (Lipinski definition) is 1. The summed E-state index contributed by atoms with van der Waals surface area (Å²) in [5.74, 6) is 0.102. The van der Waals surface area contributed by atoms with E-state index >= 15 is 0 Å². The summed E-state index contributed by atoms with van der Waals surface area (Å²) < 4.78 is 1.96. The maximum atomic E-state index is 13.9. The van der Waals surface area contributed by atoms with Crippen LogP contribution >= 0.6 is 23.2 Å². The van der Waals surface area contributed by atoms with Crippen LogP contribution in [-0.2, 0) is 4.79 Å². The number of carbonyl (C=O) groups excluding carboxylic acids is 2. The van der Waals surface area contributed by atoms with E-state index in [1.807, 2.05) is 18.5 Å². The number of carbonyl (C=O) groups is 2. The molecule has 1 amide bonds. The van der Waals surface area contributed by atoms with Crippen molar-refractivity contribution >= 4 is 34.9 Å². The van der Waals surface area contributed by atoms with Gasteiger partial charge in [0.2, 0.25) is 0 Å². The number of hydrogen-bond acceptors (Lipinski definition) is 4. The predicted molar refractivity (Wildman–Crippen MR) is 143 cm³/mol. The van der Waals surface area contributed by atoms with Crippen LogP contribution in [0.4, 0.5) is 0 Å². The summed E-state index contributed by atoms with van der Waals surface area (Å²) in [6, 6.07) is 5.30. The zero-order chi connectivity index (χ0) is 26.3. The molecule has 2 fully saturated rings. The first-order valence-corrected chi connectivity index (χ1v) is 13.7. The molecule has 1 atom stereocenters. The summed E-state index contributed by atoms with van der Waals surface area (Å²) >= 11 is 12.7. The van der Waals surface area contributed by atoms with Gasteiger partial charge in [-0.05, 0) is 69.9 Å². The molecule has 4 rings (SSSR count). The molecule has 6 nitrogen and oxygen atoms in total. The smallest absolute Gasteiger partial charge is 0.257 e. The number of benzene rings is 1. The predicted octanol–water partition coefficient (Wildman–Crippen LogP) is 6.57. The average Bonchev–Trinajstić information content (AvgIpc) is 3.18. The van der Waals surface area contributed by atoms with Gasteiger partial charge in [-0.3, -0.25) is 14.3 Å².